The molecule has 1 aliphatic rings. The number of methoxy groups -OCH3 is 1. The van der Waals surface area contributed by atoms with Crippen molar-refractivity contribution in [2.75, 3.05) is 7.11 Å². The molecule has 0 atom stereocenters. The Balaban J connectivity index is 1.71. The maximum Gasteiger partial charge on any atom is 0.265 e. The first-order chi connectivity index (χ1) is 15.5. The van der Waals surface area contributed by atoms with Crippen LogP contribution in [-0.4, -0.2) is 22.6 Å². The predicted molar refractivity (Wildman–Crippen MR) is 125 cm³/mol. The summed E-state index contributed by atoms with van der Waals surface area (Å²) in [6.45, 7) is 1.99. The topological polar surface area (TPSA) is 87.2 Å². The van der Waals surface area contributed by atoms with E-state index in [0.717, 1.165) is 33.5 Å². The molecule has 6 nitrogen and oxygen atoms in total. The fourth-order valence-electron chi connectivity index (χ4n) is 4.47. The first-order valence-corrected chi connectivity index (χ1v) is 10.3. The fourth-order valence-corrected chi connectivity index (χ4v) is 4.47. The van der Waals surface area contributed by atoms with Gasteiger partial charge in [-0.1, -0.05) is 36.4 Å². The van der Waals surface area contributed by atoms with E-state index in [2.05, 4.69) is 4.98 Å². The summed E-state index contributed by atoms with van der Waals surface area (Å²) < 4.78 is 6.91. The smallest absolute Gasteiger partial charge is 0.265 e. The third-order valence-corrected chi connectivity index (χ3v) is 6.05. The van der Waals surface area contributed by atoms with Gasteiger partial charge < -0.3 is 10.5 Å². The monoisotopic (exact) mass is 423 g/mol. The molecular weight excluding hydrogens is 402 g/mol. The van der Waals surface area contributed by atoms with Crippen molar-refractivity contribution in [2.45, 2.75) is 13.3 Å². The number of carbonyl (C=O) groups excluding carboxylic acids is 1. The van der Waals surface area contributed by atoms with E-state index in [0.29, 0.717) is 28.6 Å². The van der Waals surface area contributed by atoms with Crippen LogP contribution in [0.1, 0.15) is 27.0 Å². The molecule has 1 amide bonds. The van der Waals surface area contributed by atoms with Gasteiger partial charge in [-0.2, -0.15) is 0 Å². The van der Waals surface area contributed by atoms with E-state index in [1.165, 1.54) is 0 Å². The van der Waals surface area contributed by atoms with Gasteiger partial charge in [-0.3, -0.25) is 14.2 Å². The van der Waals surface area contributed by atoms with Crippen molar-refractivity contribution in [1.82, 2.24) is 9.55 Å². The number of aromatic nitrogens is 2. The number of para-hydroxylation sites is 1. The number of fused-ring (bicyclic) bond motifs is 2. The summed E-state index contributed by atoms with van der Waals surface area (Å²) in [4.78, 5) is 29.7. The number of nitrogens with zero attached hydrogens (tertiary/aromatic N) is 2. The second-order valence-electron chi connectivity index (χ2n) is 7.75. The zero-order chi connectivity index (χ0) is 22.4. The number of hydrogen-bond acceptors (Lipinski definition) is 4. The third-order valence-electron chi connectivity index (χ3n) is 6.05. The highest BCUT2D eigenvalue weighted by molar-refractivity contribution is 5.98. The van der Waals surface area contributed by atoms with Crippen molar-refractivity contribution in [3.8, 4) is 22.6 Å². The molecule has 0 aliphatic heterocycles. The van der Waals surface area contributed by atoms with Crippen LogP contribution in [0.15, 0.2) is 65.7 Å². The van der Waals surface area contributed by atoms with Gasteiger partial charge in [0.15, 0.2) is 0 Å². The van der Waals surface area contributed by atoms with Crippen LogP contribution in [0, 0.1) is 6.92 Å². The Kier molecular flexibility index (Phi) is 4.63. The zero-order valence-electron chi connectivity index (χ0n) is 17.8. The van der Waals surface area contributed by atoms with E-state index in [4.69, 9.17) is 10.5 Å². The molecule has 0 unspecified atom stereocenters. The molecule has 6 heteroatoms. The minimum Gasteiger partial charge on any atom is -0.494 e. The Morgan fingerprint density at radius 1 is 1.09 bits per heavy atom. The van der Waals surface area contributed by atoms with Gasteiger partial charge in [-0.25, -0.2) is 4.98 Å². The fraction of sp³-hybridized carbons (Fsp3) is 0.115. The Morgan fingerprint density at radius 3 is 2.69 bits per heavy atom. The number of carbonyl (C=O) groups is 1. The molecule has 2 N–H and O–H groups in total. The number of allylic oxidation sites excluding steroid dienone is 1. The third kappa shape index (κ3) is 2.92. The highest BCUT2D eigenvalue weighted by Gasteiger charge is 2.20. The molecule has 0 radical (unpaired) electrons. The van der Waals surface area contributed by atoms with E-state index in [1.54, 1.807) is 42.3 Å². The molecule has 1 aromatic heterocycles. The van der Waals surface area contributed by atoms with Gasteiger partial charge in [0.2, 0.25) is 5.91 Å². The summed E-state index contributed by atoms with van der Waals surface area (Å²) in [7, 11) is 1.56. The number of hydrogen-bond donors (Lipinski definition) is 1. The highest BCUT2D eigenvalue weighted by atomic mass is 16.5. The molecule has 0 saturated heterocycles. The van der Waals surface area contributed by atoms with Crippen LogP contribution in [-0.2, 0) is 6.42 Å². The Morgan fingerprint density at radius 2 is 1.91 bits per heavy atom. The number of benzene rings is 3. The van der Waals surface area contributed by atoms with Gasteiger partial charge in [0.1, 0.15) is 17.6 Å². The predicted octanol–water partition coefficient (Wildman–Crippen LogP) is 4.04. The SMILES string of the molecule is COc1cccc2c(=O)n(-c3cccc(-c4ccc(C(N)=O)c5c4C=CC5)c3C)cnc12. The average molecular weight is 423 g/mol. The van der Waals surface area contributed by atoms with Crippen LogP contribution < -0.4 is 16.0 Å². The Hall–Kier alpha value is -4.19. The first-order valence-electron chi connectivity index (χ1n) is 10.3. The maximum atomic E-state index is 13.3. The lowest BCUT2D eigenvalue weighted by atomic mass is 9.90. The first kappa shape index (κ1) is 19.8. The van der Waals surface area contributed by atoms with E-state index < -0.39 is 5.91 Å². The zero-order valence-corrected chi connectivity index (χ0v) is 17.8. The van der Waals surface area contributed by atoms with Gasteiger partial charge in [0.05, 0.1) is 18.2 Å². The summed E-state index contributed by atoms with van der Waals surface area (Å²) in [5.41, 5.74) is 12.1. The van der Waals surface area contributed by atoms with Crippen molar-refractivity contribution >= 4 is 22.9 Å². The molecule has 3 aromatic carbocycles. The van der Waals surface area contributed by atoms with E-state index in [-0.39, 0.29) is 5.56 Å². The summed E-state index contributed by atoms with van der Waals surface area (Å²) in [5.74, 6) is 0.139. The molecular formula is C26H21N3O3. The molecule has 4 aromatic rings. The van der Waals surface area contributed by atoms with E-state index in [1.807, 2.05) is 43.3 Å². The molecule has 0 bridgehead atoms. The maximum absolute atomic E-state index is 13.3. The van der Waals surface area contributed by atoms with Gasteiger partial charge in [0.25, 0.3) is 5.56 Å². The average Bonchev–Trinajstić information content (AvgIpc) is 3.29. The van der Waals surface area contributed by atoms with E-state index in [9.17, 15) is 9.59 Å². The number of ether oxygens (including phenoxy) is 1. The van der Waals surface area contributed by atoms with Crippen molar-refractivity contribution in [2.24, 2.45) is 5.73 Å². The molecule has 32 heavy (non-hydrogen) atoms. The number of primary amides is 1. The highest BCUT2D eigenvalue weighted by Crippen LogP contribution is 2.36. The molecule has 0 fully saturated rings. The number of nitrogens with two attached hydrogens (primary N) is 1. The lowest BCUT2D eigenvalue weighted by Crippen LogP contribution is -2.20. The standard InChI is InChI=1S/C26H21N3O3/c1-15-16(19-12-13-20(25(27)30)18-8-3-7-17(18)19)6-4-10-22(15)29-14-28-24-21(26(29)31)9-5-11-23(24)32-2/h3-7,9-14H,8H2,1-2H3,(H2,27,30). The van der Waals surface area contributed by atoms with Crippen LogP contribution >= 0.6 is 0 Å². The lowest BCUT2D eigenvalue weighted by molar-refractivity contribution is 0.0999. The molecule has 1 aliphatic carbocycles. The second kappa shape index (κ2) is 7.50. The molecule has 158 valence electrons. The second-order valence-corrected chi connectivity index (χ2v) is 7.75. The molecule has 1 heterocycles. The van der Waals surface area contributed by atoms with Crippen LogP contribution in [0.2, 0.25) is 0 Å². The van der Waals surface area contributed by atoms with Crippen LogP contribution in [0.3, 0.4) is 0 Å². The summed E-state index contributed by atoms with van der Waals surface area (Å²) in [6, 6.07) is 14.9. The minimum atomic E-state index is -0.425. The van der Waals surface area contributed by atoms with Gasteiger partial charge >= 0.3 is 0 Å². The normalized spacial score (nSPS) is 12.2. The number of rotatable bonds is 4. The Labute approximate surface area is 184 Å². The van der Waals surface area contributed by atoms with Crippen molar-refractivity contribution in [3.05, 3.63) is 93.5 Å². The van der Waals surface area contributed by atoms with Crippen molar-refractivity contribution in [1.29, 1.82) is 0 Å². The minimum absolute atomic E-state index is 0.164. The van der Waals surface area contributed by atoms with Gasteiger partial charge in [-0.05, 0) is 65.4 Å². The van der Waals surface area contributed by atoms with Crippen LogP contribution in [0.5, 0.6) is 5.75 Å². The van der Waals surface area contributed by atoms with Gasteiger partial charge in [-0.15, -0.1) is 0 Å². The Bertz CT molecular complexity index is 1500. The largest absolute Gasteiger partial charge is 0.494 e. The summed E-state index contributed by atoms with van der Waals surface area (Å²) >= 11 is 0. The summed E-state index contributed by atoms with van der Waals surface area (Å²) in [5, 5.41) is 0.492. The van der Waals surface area contributed by atoms with Crippen LogP contribution in [0.25, 0.3) is 33.8 Å². The molecule has 0 spiro atoms. The molecule has 5 rings (SSSR count). The quantitative estimate of drug-likeness (QED) is 0.537. The number of amides is 1. The van der Waals surface area contributed by atoms with E-state index >= 15 is 0 Å². The summed E-state index contributed by atoms with van der Waals surface area (Å²) in [6.07, 6.45) is 6.28. The van der Waals surface area contributed by atoms with Gasteiger partial charge in [0, 0.05) is 5.56 Å². The van der Waals surface area contributed by atoms with Crippen molar-refractivity contribution < 1.29 is 9.53 Å². The van der Waals surface area contributed by atoms with Crippen molar-refractivity contribution in [3.63, 3.8) is 0 Å². The molecule has 0 saturated carbocycles. The van der Waals surface area contributed by atoms with Crippen LogP contribution in [0.4, 0.5) is 0 Å². The lowest BCUT2D eigenvalue weighted by Gasteiger charge is -2.17.